The minimum Gasteiger partial charge on any atom is -0.324 e. The summed E-state index contributed by atoms with van der Waals surface area (Å²) in [6.45, 7) is 4.51. The van der Waals surface area contributed by atoms with E-state index in [2.05, 4.69) is 28.9 Å². The molecule has 4 rings (SSSR count). The van der Waals surface area contributed by atoms with Crippen LogP contribution in [-0.4, -0.2) is 19.7 Å². The lowest BCUT2D eigenvalue weighted by Gasteiger charge is -2.33. The Morgan fingerprint density at radius 3 is 2.95 bits per heavy atom. The van der Waals surface area contributed by atoms with Crippen molar-refractivity contribution in [1.29, 1.82) is 0 Å². The molecule has 1 atom stereocenters. The van der Waals surface area contributed by atoms with Gasteiger partial charge in [-0.15, -0.1) is 0 Å². The fraction of sp³-hybridized carbons (Fsp3) is 0.375. The van der Waals surface area contributed by atoms with E-state index in [4.69, 9.17) is 5.73 Å². The molecular weight excluding hydrogens is 262 g/mol. The quantitative estimate of drug-likeness (QED) is 0.720. The number of para-hydroxylation sites is 2. The van der Waals surface area contributed by atoms with Crippen LogP contribution >= 0.6 is 0 Å². The minimum absolute atomic E-state index is 0.0573. The van der Waals surface area contributed by atoms with Crippen molar-refractivity contribution in [2.24, 2.45) is 11.1 Å². The number of hydrogen-bond donors (Lipinski definition) is 2. The number of nitrogens with one attached hydrogen (secondary N) is 1. The Morgan fingerprint density at radius 2 is 2.14 bits per heavy atom. The summed E-state index contributed by atoms with van der Waals surface area (Å²) in [6, 6.07) is 8.08. The van der Waals surface area contributed by atoms with E-state index in [0.717, 1.165) is 35.4 Å². The van der Waals surface area contributed by atoms with Crippen LogP contribution in [0.2, 0.25) is 0 Å². The van der Waals surface area contributed by atoms with Crippen LogP contribution in [0.3, 0.4) is 0 Å². The van der Waals surface area contributed by atoms with Gasteiger partial charge in [-0.05, 0) is 30.4 Å². The maximum atomic E-state index is 6.30. The summed E-state index contributed by atoms with van der Waals surface area (Å²) < 4.78 is 1.91. The van der Waals surface area contributed by atoms with Crippen molar-refractivity contribution in [3.63, 3.8) is 0 Å². The molecule has 0 saturated heterocycles. The summed E-state index contributed by atoms with van der Waals surface area (Å²) in [7, 11) is 0. The normalized spacial score (nSPS) is 20.6. The molecule has 5 nitrogen and oxygen atoms in total. The van der Waals surface area contributed by atoms with Gasteiger partial charge in [0, 0.05) is 11.6 Å². The van der Waals surface area contributed by atoms with Crippen LogP contribution in [0, 0.1) is 5.41 Å². The van der Waals surface area contributed by atoms with Crippen molar-refractivity contribution in [3.05, 3.63) is 41.7 Å². The number of hydrogen-bond acceptors (Lipinski definition) is 3. The highest BCUT2D eigenvalue weighted by atomic mass is 15.4. The smallest absolute Gasteiger partial charge is 0.229 e. The van der Waals surface area contributed by atoms with Gasteiger partial charge in [0.05, 0.1) is 22.9 Å². The van der Waals surface area contributed by atoms with Crippen LogP contribution in [0.5, 0.6) is 0 Å². The van der Waals surface area contributed by atoms with Gasteiger partial charge in [0.25, 0.3) is 0 Å². The van der Waals surface area contributed by atoms with Crippen LogP contribution in [0.1, 0.15) is 37.6 Å². The van der Waals surface area contributed by atoms with E-state index in [1.54, 1.807) is 0 Å². The highest BCUT2D eigenvalue weighted by Crippen LogP contribution is 2.39. The third kappa shape index (κ3) is 1.96. The third-order valence-corrected chi connectivity index (χ3v) is 4.30. The van der Waals surface area contributed by atoms with Crippen LogP contribution < -0.4 is 5.73 Å². The molecule has 2 heterocycles. The SMILES string of the molecule is CC1(C)Cc2c(cnn2-c2nc3ccccc3[nH]2)C(N)C1. The first-order chi connectivity index (χ1) is 10.0. The lowest BCUT2D eigenvalue weighted by Crippen LogP contribution is -2.30. The Labute approximate surface area is 123 Å². The van der Waals surface area contributed by atoms with Crippen LogP contribution in [0.15, 0.2) is 30.5 Å². The second-order valence-electron chi connectivity index (χ2n) is 6.69. The van der Waals surface area contributed by atoms with E-state index in [1.165, 1.54) is 5.69 Å². The molecule has 1 aromatic carbocycles. The van der Waals surface area contributed by atoms with Crippen molar-refractivity contribution in [2.75, 3.05) is 0 Å². The largest absolute Gasteiger partial charge is 0.324 e. The Hall–Kier alpha value is -2.14. The van der Waals surface area contributed by atoms with E-state index in [9.17, 15) is 0 Å². The first-order valence-corrected chi connectivity index (χ1v) is 7.31. The number of fused-ring (bicyclic) bond motifs is 2. The van der Waals surface area contributed by atoms with Gasteiger partial charge in [0.2, 0.25) is 5.95 Å². The molecule has 0 saturated carbocycles. The van der Waals surface area contributed by atoms with E-state index < -0.39 is 0 Å². The van der Waals surface area contributed by atoms with E-state index >= 15 is 0 Å². The van der Waals surface area contributed by atoms with E-state index in [1.807, 2.05) is 35.1 Å². The molecule has 0 amide bonds. The Bertz CT molecular complexity index is 778. The second-order valence-corrected chi connectivity index (χ2v) is 6.69. The Morgan fingerprint density at radius 1 is 1.33 bits per heavy atom. The molecule has 1 aliphatic rings. The van der Waals surface area contributed by atoms with Crippen LogP contribution in [0.25, 0.3) is 17.0 Å². The highest BCUT2D eigenvalue weighted by molar-refractivity contribution is 5.75. The molecule has 0 spiro atoms. The molecule has 21 heavy (non-hydrogen) atoms. The summed E-state index contributed by atoms with van der Waals surface area (Å²) in [6.07, 6.45) is 3.85. The lowest BCUT2D eigenvalue weighted by atomic mass is 9.75. The number of H-pyrrole nitrogens is 1. The molecule has 3 aromatic rings. The van der Waals surface area contributed by atoms with Crippen molar-refractivity contribution in [1.82, 2.24) is 19.7 Å². The Balaban J connectivity index is 1.87. The average molecular weight is 281 g/mol. The molecular formula is C16H19N5. The summed E-state index contributed by atoms with van der Waals surface area (Å²) in [5.41, 5.74) is 10.8. The standard InChI is InChI=1S/C16H19N5/c1-16(2)7-11(17)10-9-18-21(14(10)8-16)15-19-12-5-3-4-6-13(12)20-15/h3-6,9,11H,7-8,17H2,1-2H3,(H,19,20). The maximum Gasteiger partial charge on any atom is 0.229 e. The number of benzene rings is 1. The molecule has 0 bridgehead atoms. The van der Waals surface area contributed by atoms with Gasteiger partial charge in [-0.3, -0.25) is 0 Å². The molecule has 0 radical (unpaired) electrons. The van der Waals surface area contributed by atoms with Gasteiger partial charge in [0.1, 0.15) is 0 Å². The first kappa shape index (κ1) is 12.6. The zero-order chi connectivity index (χ0) is 14.6. The number of nitrogens with zero attached hydrogens (tertiary/aromatic N) is 3. The van der Waals surface area contributed by atoms with Crippen molar-refractivity contribution < 1.29 is 0 Å². The lowest BCUT2D eigenvalue weighted by molar-refractivity contribution is 0.277. The number of aromatic nitrogens is 4. The van der Waals surface area contributed by atoms with E-state index in [0.29, 0.717) is 0 Å². The predicted molar refractivity (Wildman–Crippen MR) is 82.2 cm³/mol. The van der Waals surface area contributed by atoms with Crippen LogP contribution in [0.4, 0.5) is 0 Å². The van der Waals surface area contributed by atoms with Gasteiger partial charge in [-0.1, -0.05) is 26.0 Å². The van der Waals surface area contributed by atoms with Gasteiger partial charge < -0.3 is 10.7 Å². The summed E-state index contributed by atoms with van der Waals surface area (Å²) in [5.74, 6) is 0.766. The molecule has 5 heteroatoms. The molecule has 1 unspecified atom stereocenters. The van der Waals surface area contributed by atoms with Crippen molar-refractivity contribution in [3.8, 4) is 5.95 Å². The minimum atomic E-state index is 0.0573. The number of rotatable bonds is 1. The molecule has 3 N–H and O–H groups in total. The second kappa shape index (κ2) is 4.18. The highest BCUT2D eigenvalue weighted by Gasteiger charge is 2.33. The summed E-state index contributed by atoms with van der Waals surface area (Å²) >= 11 is 0. The fourth-order valence-corrected chi connectivity index (χ4v) is 3.33. The zero-order valence-electron chi connectivity index (χ0n) is 12.3. The molecule has 108 valence electrons. The van der Waals surface area contributed by atoms with Gasteiger partial charge in [-0.25, -0.2) is 9.67 Å². The Kier molecular flexibility index (Phi) is 2.50. The topological polar surface area (TPSA) is 72.5 Å². The fourth-order valence-electron chi connectivity index (χ4n) is 3.33. The number of nitrogens with two attached hydrogens (primary N) is 1. The first-order valence-electron chi connectivity index (χ1n) is 7.31. The molecule has 0 aliphatic heterocycles. The third-order valence-electron chi connectivity index (χ3n) is 4.30. The van der Waals surface area contributed by atoms with Crippen LogP contribution in [-0.2, 0) is 6.42 Å². The van der Waals surface area contributed by atoms with Gasteiger partial charge in [0.15, 0.2) is 0 Å². The number of imidazole rings is 1. The van der Waals surface area contributed by atoms with Crippen molar-refractivity contribution >= 4 is 11.0 Å². The molecule has 2 aromatic heterocycles. The average Bonchev–Trinajstić information content (AvgIpc) is 2.99. The van der Waals surface area contributed by atoms with Gasteiger partial charge in [-0.2, -0.15) is 5.10 Å². The maximum absolute atomic E-state index is 6.30. The summed E-state index contributed by atoms with van der Waals surface area (Å²) in [4.78, 5) is 7.98. The molecule has 0 fully saturated rings. The molecule has 1 aliphatic carbocycles. The summed E-state index contributed by atoms with van der Waals surface area (Å²) in [5, 5.41) is 4.52. The predicted octanol–water partition coefficient (Wildman–Crippen LogP) is 2.72. The van der Waals surface area contributed by atoms with Crippen molar-refractivity contribution in [2.45, 2.75) is 32.7 Å². The monoisotopic (exact) mass is 281 g/mol. The van der Waals surface area contributed by atoms with Gasteiger partial charge >= 0.3 is 0 Å². The van der Waals surface area contributed by atoms with E-state index in [-0.39, 0.29) is 11.5 Å². The number of aromatic amines is 1. The zero-order valence-corrected chi connectivity index (χ0v) is 12.3.